The number of benzene rings is 2. The Balaban J connectivity index is 2.24. The van der Waals surface area contributed by atoms with Gasteiger partial charge in [0.15, 0.2) is 0 Å². The maximum Gasteiger partial charge on any atom is 0.118 e. The summed E-state index contributed by atoms with van der Waals surface area (Å²) < 4.78 is 0. The molecule has 0 bridgehead atoms. The number of nitrogens with zero attached hydrogens (tertiary/aromatic N) is 2. The van der Waals surface area contributed by atoms with Gasteiger partial charge in [0.25, 0.3) is 0 Å². The predicted molar refractivity (Wildman–Crippen MR) is 143 cm³/mol. The monoisotopic (exact) mass is 481 g/mol. The number of aliphatic imine (C=N–C) groups is 1. The molecule has 0 aromatic heterocycles. The molecule has 0 amide bonds. The Hall–Kier alpha value is -2.54. The van der Waals surface area contributed by atoms with Crippen molar-refractivity contribution in [2.45, 2.75) is 51.9 Å². The van der Waals surface area contributed by atoms with E-state index in [4.69, 9.17) is 23.2 Å². The van der Waals surface area contributed by atoms with Gasteiger partial charge in [-0.25, -0.2) is 4.99 Å². The molecule has 0 aliphatic carbocycles. The summed E-state index contributed by atoms with van der Waals surface area (Å²) in [4.78, 5) is 4.52. The van der Waals surface area contributed by atoms with Crippen LogP contribution in [0.2, 0.25) is 5.02 Å². The van der Waals surface area contributed by atoms with Crippen LogP contribution in [0.5, 0.6) is 0 Å². The van der Waals surface area contributed by atoms with Crippen LogP contribution in [0.25, 0.3) is 0 Å². The molecule has 0 radical (unpaired) electrons. The normalized spacial score (nSPS) is 12.1. The van der Waals surface area contributed by atoms with E-state index in [-0.39, 0.29) is 5.41 Å². The van der Waals surface area contributed by atoms with Crippen molar-refractivity contribution in [3.63, 3.8) is 0 Å². The van der Waals surface area contributed by atoms with E-state index in [2.05, 4.69) is 61.1 Å². The van der Waals surface area contributed by atoms with Gasteiger partial charge in [-0.05, 0) is 73.1 Å². The fourth-order valence-electron chi connectivity index (χ4n) is 3.72. The highest BCUT2D eigenvalue weighted by atomic mass is 35.5. The van der Waals surface area contributed by atoms with E-state index in [1.807, 2.05) is 38.3 Å². The van der Waals surface area contributed by atoms with E-state index in [0.717, 1.165) is 36.1 Å². The third-order valence-electron chi connectivity index (χ3n) is 5.87. The van der Waals surface area contributed by atoms with Crippen LogP contribution in [0.1, 0.15) is 61.4 Å². The van der Waals surface area contributed by atoms with E-state index >= 15 is 0 Å². The maximum atomic E-state index is 9.69. The molecule has 0 aliphatic rings. The van der Waals surface area contributed by atoms with Crippen molar-refractivity contribution in [1.29, 1.82) is 5.26 Å². The summed E-state index contributed by atoms with van der Waals surface area (Å²) in [6.07, 6.45) is 7.24. The molecule has 0 saturated heterocycles. The lowest BCUT2D eigenvalue weighted by Gasteiger charge is -2.27. The summed E-state index contributed by atoms with van der Waals surface area (Å²) in [5, 5.41) is 13.3. The predicted octanol–water partition coefficient (Wildman–Crippen LogP) is 7.35. The van der Waals surface area contributed by atoms with Crippen molar-refractivity contribution in [2.24, 2.45) is 4.99 Å². The van der Waals surface area contributed by atoms with Gasteiger partial charge in [0.05, 0.1) is 11.6 Å². The minimum atomic E-state index is -0.291. The Kier molecular flexibility index (Phi) is 10.2. The molecule has 0 heterocycles. The van der Waals surface area contributed by atoms with Gasteiger partial charge in [0.2, 0.25) is 0 Å². The van der Waals surface area contributed by atoms with E-state index < -0.39 is 0 Å². The van der Waals surface area contributed by atoms with Crippen molar-refractivity contribution < 1.29 is 0 Å². The number of nitriles is 1. The van der Waals surface area contributed by atoms with Crippen molar-refractivity contribution in [3.8, 4) is 6.07 Å². The molecule has 2 aromatic rings. The molecule has 174 valence electrons. The largest absolute Gasteiger partial charge is 0.374 e. The number of rotatable bonds is 11. The number of alkyl halides is 1. The van der Waals surface area contributed by atoms with Crippen LogP contribution in [0.4, 0.5) is 0 Å². The first-order chi connectivity index (χ1) is 15.8. The molecule has 1 N–H and O–H groups in total. The smallest absolute Gasteiger partial charge is 0.118 e. The fourth-order valence-corrected chi connectivity index (χ4v) is 4.17. The van der Waals surface area contributed by atoms with Gasteiger partial charge in [-0.2, -0.15) is 5.26 Å². The average Bonchev–Trinajstić information content (AvgIpc) is 2.81. The Morgan fingerprint density at radius 3 is 2.45 bits per heavy atom. The zero-order valence-corrected chi connectivity index (χ0v) is 21.5. The van der Waals surface area contributed by atoms with Gasteiger partial charge >= 0.3 is 0 Å². The highest BCUT2D eigenvalue weighted by molar-refractivity contribution is 6.31. The SMILES string of the molecule is C=C(/N=C(\C=C/C)CCc1ccc(C(C)(C)c2cc(Cl)c(CCCCl)c(C#N)c2)cc1)NC. The summed E-state index contributed by atoms with van der Waals surface area (Å²) in [5.74, 6) is 1.21. The topological polar surface area (TPSA) is 48.2 Å². The molecule has 5 heteroatoms. The van der Waals surface area contributed by atoms with Gasteiger partial charge < -0.3 is 5.32 Å². The molecule has 0 atom stereocenters. The quantitative estimate of drug-likeness (QED) is 0.269. The number of allylic oxidation sites excluding steroid dienone is 2. The van der Waals surface area contributed by atoms with Gasteiger partial charge in [-0.15, -0.1) is 11.6 Å². The van der Waals surface area contributed by atoms with Crippen molar-refractivity contribution in [1.82, 2.24) is 5.32 Å². The number of aryl methyl sites for hydroxylation is 1. The summed E-state index contributed by atoms with van der Waals surface area (Å²) in [6, 6.07) is 14.9. The first-order valence-electron chi connectivity index (χ1n) is 11.2. The Bertz CT molecular complexity index is 1060. The molecule has 0 saturated carbocycles. The zero-order chi connectivity index (χ0) is 24.4. The van der Waals surface area contributed by atoms with E-state index in [9.17, 15) is 5.26 Å². The van der Waals surface area contributed by atoms with Crippen molar-refractivity contribution >= 4 is 28.9 Å². The average molecular weight is 482 g/mol. The van der Waals surface area contributed by atoms with Crippen LogP contribution in [0.15, 0.2) is 65.9 Å². The van der Waals surface area contributed by atoms with Crippen LogP contribution >= 0.6 is 23.2 Å². The highest BCUT2D eigenvalue weighted by Crippen LogP contribution is 2.35. The van der Waals surface area contributed by atoms with E-state index in [1.54, 1.807) is 0 Å². The molecular weight excluding hydrogens is 449 g/mol. The molecule has 2 aromatic carbocycles. The Morgan fingerprint density at radius 2 is 1.88 bits per heavy atom. The minimum Gasteiger partial charge on any atom is -0.374 e. The second-order valence-electron chi connectivity index (χ2n) is 8.51. The van der Waals surface area contributed by atoms with E-state index in [1.165, 1.54) is 11.1 Å². The summed E-state index contributed by atoms with van der Waals surface area (Å²) in [5.41, 5.74) is 5.66. The minimum absolute atomic E-state index is 0.291. The first kappa shape index (κ1) is 26.7. The van der Waals surface area contributed by atoms with Crippen LogP contribution in [0, 0.1) is 11.3 Å². The summed E-state index contributed by atoms with van der Waals surface area (Å²) in [6.45, 7) is 10.2. The van der Waals surface area contributed by atoms with Gasteiger partial charge in [-0.3, -0.25) is 0 Å². The number of hydrogen-bond donors (Lipinski definition) is 1. The van der Waals surface area contributed by atoms with Crippen LogP contribution in [-0.4, -0.2) is 18.6 Å². The molecule has 0 spiro atoms. The third kappa shape index (κ3) is 7.22. The number of halogens is 2. The third-order valence-corrected chi connectivity index (χ3v) is 6.47. The van der Waals surface area contributed by atoms with Gasteiger partial charge in [-0.1, -0.05) is 62.4 Å². The number of hydrogen-bond acceptors (Lipinski definition) is 3. The molecule has 2 rings (SSSR count). The van der Waals surface area contributed by atoms with Crippen LogP contribution < -0.4 is 5.32 Å². The summed E-state index contributed by atoms with van der Waals surface area (Å²) in [7, 11) is 1.82. The molecule has 3 nitrogen and oxygen atoms in total. The van der Waals surface area contributed by atoms with Gasteiger partial charge in [0, 0.05) is 29.1 Å². The zero-order valence-electron chi connectivity index (χ0n) is 20.0. The Labute approximate surface area is 208 Å². The van der Waals surface area contributed by atoms with Crippen LogP contribution in [0.3, 0.4) is 0 Å². The fraction of sp³-hybridized carbons (Fsp3) is 0.357. The molecule has 33 heavy (non-hydrogen) atoms. The standard InChI is InChI=1S/C28H33Cl2N3/c1-6-8-25(33-20(2)32-5)15-12-21-10-13-23(14-11-21)28(3,4)24-17-22(19-31)26(9-7-16-29)27(30)18-24/h6,8,10-11,13-14,17-18,32H,2,7,9,12,15-16H2,1,3-5H3/b8-6-,33-25+. The molecule has 0 fully saturated rings. The lowest BCUT2D eigenvalue weighted by molar-refractivity contribution is 0.639. The second-order valence-corrected chi connectivity index (χ2v) is 9.30. The van der Waals surface area contributed by atoms with Crippen molar-refractivity contribution in [3.05, 3.63) is 93.8 Å². The van der Waals surface area contributed by atoms with E-state index in [0.29, 0.717) is 28.7 Å². The molecular formula is C28H33Cl2N3. The van der Waals surface area contributed by atoms with Crippen molar-refractivity contribution in [2.75, 3.05) is 12.9 Å². The lowest BCUT2D eigenvalue weighted by Crippen LogP contribution is -2.19. The lowest BCUT2D eigenvalue weighted by atomic mass is 9.77. The summed E-state index contributed by atoms with van der Waals surface area (Å²) >= 11 is 12.4. The first-order valence-corrected chi connectivity index (χ1v) is 12.1. The maximum absolute atomic E-state index is 9.69. The molecule has 0 unspecified atom stereocenters. The highest BCUT2D eigenvalue weighted by Gasteiger charge is 2.25. The second kappa shape index (κ2) is 12.6. The van der Waals surface area contributed by atoms with Crippen LogP contribution in [-0.2, 0) is 18.3 Å². The van der Waals surface area contributed by atoms with Gasteiger partial charge in [0.1, 0.15) is 5.82 Å². The Morgan fingerprint density at radius 1 is 1.18 bits per heavy atom. The molecule has 0 aliphatic heterocycles. The number of nitrogens with one attached hydrogen (secondary N) is 1.